The molecule has 80 heavy (non-hydrogen) atoms. The zero-order valence-corrected chi connectivity index (χ0v) is 53.3. The highest BCUT2D eigenvalue weighted by atomic mass is 32.1. The molecule has 3 nitrogen and oxygen atoms in total. The normalized spacial score (nSPS) is 19.4. The average molecular weight is 1090 g/mol. The van der Waals surface area contributed by atoms with Crippen LogP contribution in [0.3, 0.4) is 0 Å². The highest BCUT2D eigenvalue weighted by molar-refractivity contribution is 7.33. The molecule has 13 rings (SSSR count). The second-order valence-electron chi connectivity index (χ2n) is 30.4. The Morgan fingerprint density at radius 1 is 0.463 bits per heavy atom. The molecular weight excluding hydrogens is 1000 g/mol. The first kappa shape index (κ1) is 53.5. The highest BCUT2D eigenvalue weighted by Crippen LogP contribution is 2.56. The van der Waals surface area contributed by atoms with Gasteiger partial charge in [-0.05, 0) is 205 Å². The van der Waals surface area contributed by atoms with Crippen molar-refractivity contribution in [1.29, 1.82) is 0 Å². The first-order chi connectivity index (χ1) is 37.6. The fraction of sp³-hybridized carbons (Fsp3) is 0.405. The molecule has 7 aromatic carbocycles. The van der Waals surface area contributed by atoms with Crippen molar-refractivity contribution in [2.24, 2.45) is 0 Å². The summed E-state index contributed by atoms with van der Waals surface area (Å²) in [6, 6.07) is 54.1. The molecule has 0 unspecified atom stereocenters. The number of hydrogen-bond donors (Lipinski definition) is 0. The molecule has 0 fully saturated rings. The summed E-state index contributed by atoms with van der Waals surface area (Å²) in [7, 11) is -1.05. The standard InChI is InChI=1S/C74H86BN3SSi/c1-68(2,3)46-23-32-61-60(39-46)75-65-62(77(61)49-26-30-54-56(40-49)71(8,9)35-33-69(54,4)5)42-51(76(47-21-19-18-20-22-47)48-24-28-52(29-25-48)80(16)17)43-63(65)78(50-27-31-55-57(41-50)72(10,11)36-34-70(55,6)7)66-53-44-58-59(45-64(53)79-67(66)75)74(14,15)38-37-73(58,12)13/h18-32,39-45,80H,33-38H2,1-17H3. The quantitative estimate of drug-likeness (QED) is 0.154. The monoisotopic (exact) mass is 1090 g/mol. The Bertz CT molecular complexity index is 3830. The molecule has 0 amide bonds. The van der Waals surface area contributed by atoms with E-state index in [1.54, 1.807) is 0 Å². The Labute approximate surface area is 486 Å². The summed E-state index contributed by atoms with van der Waals surface area (Å²) >= 11 is 2.07. The van der Waals surface area contributed by atoms with E-state index in [1.165, 1.54) is 135 Å². The average Bonchev–Trinajstić information content (AvgIpc) is 1.76. The summed E-state index contributed by atoms with van der Waals surface area (Å²) in [6.07, 6.45) is 7.05. The summed E-state index contributed by atoms with van der Waals surface area (Å²) < 4.78 is 2.85. The maximum atomic E-state index is 2.78. The number of nitrogens with zero attached hydrogens (tertiary/aromatic N) is 3. The summed E-state index contributed by atoms with van der Waals surface area (Å²) in [4.78, 5) is 8.03. The number of fused-ring (bicyclic) bond motifs is 9. The first-order valence-electron chi connectivity index (χ1n) is 30.4. The molecular formula is C74H86BN3SSi. The lowest BCUT2D eigenvalue weighted by Gasteiger charge is -2.46. The lowest BCUT2D eigenvalue weighted by atomic mass is 9.36. The summed E-state index contributed by atoms with van der Waals surface area (Å²) in [6.45, 7) is 41.8. The molecule has 0 bridgehead atoms. The minimum atomic E-state index is -1.05. The van der Waals surface area contributed by atoms with Gasteiger partial charge in [0.05, 0.1) is 20.2 Å². The molecule has 0 radical (unpaired) electrons. The van der Waals surface area contributed by atoms with Crippen molar-refractivity contribution in [3.05, 3.63) is 172 Å². The highest BCUT2D eigenvalue weighted by Gasteiger charge is 2.49. The van der Waals surface area contributed by atoms with Crippen LogP contribution in [0.25, 0.3) is 10.1 Å². The number of anilines is 9. The predicted molar refractivity (Wildman–Crippen MR) is 354 cm³/mol. The zero-order valence-electron chi connectivity index (χ0n) is 51.3. The van der Waals surface area contributed by atoms with Crippen molar-refractivity contribution in [2.75, 3.05) is 14.7 Å². The van der Waals surface area contributed by atoms with Crippen LogP contribution in [-0.2, 0) is 37.9 Å². The molecule has 0 N–H and O–H groups in total. The van der Waals surface area contributed by atoms with Crippen LogP contribution in [0, 0.1) is 0 Å². The summed E-state index contributed by atoms with van der Waals surface area (Å²) in [5.41, 5.74) is 24.6. The number of thiophene rings is 1. The van der Waals surface area contributed by atoms with E-state index in [1.807, 2.05) is 0 Å². The fourth-order valence-corrected chi connectivity index (χ4v) is 17.4. The Kier molecular flexibility index (Phi) is 11.9. The number of benzene rings is 7. The van der Waals surface area contributed by atoms with E-state index in [2.05, 4.69) is 276 Å². The molecule has 8 aromatic rings. The first-order valence-corrected chi connectivity index (χ1v) is 34.1. The van der Waals surface area contributed by atoms with Gasteiger partial charge < -0.3 is 14.7 Å². The minimum Gasteiger partial charge on any atom is -0.311 e. The van der Waals surface area contributed by atoms with Gasteiger partial charge in [-0.15, -0.1) is 11.3 Å². The van der Waals surface area contributed by atoms with Crippen LogP contribution in [0.5, 0.6) is 0 Å². The fourth-order valence-electron chi connectivity index (χ4n) is 15.1. The topological polar surface area (TPSA) is 9.72 Å². The van der Waals surface area contributed by atoms with Gasteiger partial charge >= 0.3 is 0 Å². The van der Waals surface area contributed by atoms with Crippen molar-refractivity contribution in [2.45, 2.75) is 193 Å². The van der Waals surface area contributed by atoms with Crippen LogP contribution in [0.2, 0.25) is 13.1 Å². The van der Waals surface area contributed by atoms with Gasteiger partial charge in [0.2, 0.25) is 0 Å². The molecule has 0 saturated carbocycles. The maximum absolute atomic E-state index is 2.78. The number of rotatable bonds is 6. The van der Waals surface area contributed by atoms with E-state index in [0.29, 0.717) is 0 Å². The number of hydrogen-bond acceptors (Lipinski definition) is 4. The van der Waals surface area contributed by atoms with Crippen molar-refractivity contribution >= 4 is 109 Å². The lowest BCUT2D eigenvalue weighted by Crippen LogP contribution is -2.60. The molecule has 2 aliphatic heterocycles. The number of para-hydroxylation sites is 1. The predicted octanol–water partition coefficient (Wildman–Crippen LogP) is 18.5. The molecule has 1 aromatic heterocycles. The van der Waals surface area contributed by atoms with Gasteiger partial charge in [-0.1, -0.05) is 177 Å². The lowest BCUT2D eigenvalue weighted by molar-refractivity contribution is 0.332. The Hall–Kier alpha value is -5.82. The van der Waals surface area contributed by atoms with Gasteiger partial charge in [0.25, 0.3) is 6.71 Å². The Balaban J connectivity index is 1.20. The third-order valence-corrected chi connectivity index (χ3v) is 23.7. The van der Waals surface area contributed by atoms with Gasteiger partial charge in [0, 0.05) is 54.7 Å². The molecule has 3 aliphatic carbocycles. The zero-order chi connectivity index (χ0) is 56.6. The van der Waals surface area contributed by atoms with Crippen LogP contribution < -0.4 is 35.6 Å². The maximum Gasteiger partial charge on any atom is 0.264 e. The van der Waals surface area contributed by atoms with Crippen molar-refractivity contribution < 1.29 is 0 Å². The van der Waals surface area contributed by atoms with E-state index in [9.17, 15) is 0 Å². The summed E-state index contributed by atoms with van der Waals surface area (Å²) in [5, 5.41) is 2.87. The molecule has 6 heteroatoms. The van der Waals surface area contributed by atoms with Crippen LogP contribution in [0.4, 0.5) is 51.2 Å². The Morgan fingerprint density at radius 3 is 1.46 bits per heavy atom. The third kappa shape index (κ3) is 8.28. The van der Waals surface area contributed by atoms with Crippen molar-refractivity contribution in [1.82, 2.24) is 0 Å². The van der Waals surface area contributed by atoms with Gasteiger partial charge in [0.1, 0.15) is 0 Å². The molecule has 410 valence electrons. The molecule has 5 aliphatic rings. The van der Waals surface area contributed by atoms with E-state index in [0.717, 1.165) is 24.2 Å². The van der Waals surface area contributed by atoms with E-state index in [4.69, 9.17) is 0 Å². The van der Waals surface area contributed by atoms with Gasteiger partial charge in [-0.2, -0.15) is 0 Å². The summed E-state index contributed by atoms with van der Waals surface area (Å²) in [5.74, 6) is 0. The molecule has 3 heterocycles. The van der Waals surface area contributed by atoms with E-state index < -0.39 is 8.80 Å². The second-order valence-corrected chi connectivity index (χ2v) is 34.5. The SMILES string of the molecule is C[SiH](C)c1ccc(N(c2ccccc2)c2cc3c4c(c2)N(c2ccc5c(c2)C(C)(C)CCC5(C)C)c2c(sc5cc6c(cc25)C(C)(C)CCC6(C)C)B4c2cc(C(C)(C)C)ccc2N3c2ccc3c(c2)C(C)(C)CCC3(C)C)cc1. The van der Waals surface area contributed by atoms with Gasteiger partial charge in [-0.3, -0.25) is 0 Å². The largest absolute Gasteiger partial charge is 0.311 e. The van der Waals surface area contributed by atoms with Crippen molar-refractivity contribution in [3.63, 3.8) is 0 Å². The van der Waals surface area contributed by atoms with E-state index >= 15 is 0 Å². The van der Waals surface area contributed by atoms with E-state index in [-0.39, 0.29) is 44.6 Å². The van der Waals surface area contributed by atoms with Crippen molar-refractivity contribution in [3.8, 4) is 0 Å². The second kappa shape index (κ2) is 17.8. The van der Waals surface area contributed by atoms with Crippen LogP contribution in [0.1, 0.15) is 181 Å². The van der Waals surface area contributed by atoms with Crippen LogP contribution in [-0.4, -0.2) is 15.5 Å². The molecule has 0 atom stereocenters. The minimum absolute atomic E-state index is 0.00855. The smallest absolute Gasteiger partial charge is 0.264 e. The Morgan fingerprint density at radius 2 is 0.938 bits per heavy atom. The van der Waals surface area contributed by atoms with Crippen LogP contribution >= 0.6 is 11.3 Å². The van der Waals surface area contributed by atoms with Crippen LogP contribution in [0.15, 0.2) is 133 Å². The van der Waals surface area contributed by atoms with Gasteiger partial charge in [0.15, 0.2) is 0 Å². The third-order valence-electron chi connectivity index (χ3n) is 20.8. The molecule has 0 spiro atoms. The van der Waals surface area contributed by atoms with Gasteiger partial charge in [-0.25, -0.2) is 0 Å². The molecule has 0 saturated heterocycles.